The Bertz CT molecular complexity index is 1170. The molecule has 2 aromatic rings. The van der Waals surface area contributed by atoms with Gasteiger partial charge in [0.15, 0.2) is 5.69 Å². The molecule has 25 heavy (non-hydrogen) atoms. The topological polar surface area (TPSA) is 65.5 Å². The number of imidazole rings is 1. The predicted molar refractivity (Wildman–Crippen MR) is 99.5 cm³/mol. The van der Waals surface area contributed by atoms with Crippen LogP contribution in [0.25, 0.3) is 18.2 Å². The number of hydrogen-bond acceptors (Lipinski definition) is 3. The molecule has 1 aliphatic carbocycles. The number of allylic oxidation sites excluding steroid dienone is 6. The molecule has 0 amide bonds. The zero-order valence-electron chi connectivity index (χ0n) is 13.8. The molecule has 0 fully saturated rings. The SMILES string of the molecule is Cn1c(=C=N)c(C#N)n/c1=C/C=c1ccc(=CC=C2C=CC=C2)cc1. The van der Waals surface area contributed by atoms with Gasteiger partial charge in [-0.15, -0.1) is 0 Å². The maximum absolute atomic E-state index is 9.04. The van der Waals surface area contributed by atoms with Crippen molar-refractivity contribution in [1.29, 1.82) is 10.7 Å². The van der Waals surface area contributed by atoms with Gasteiger partial charge in [0, 0.05) is 12.9 Å². The molecule has 0 atom stereocenters. The van der Waals surface area contributed by atoms with Crippen LogP contribution in [-0.2, 0) is 7.05 Å². The molecule has 120 valence electrons. The molecule has 1 aromatic heterocycles. The van der Waals surface area contributed by atoms with E-state index in [1.807, 2.05) is 42.5 Å². The summed E-state index contributed by atoms with van der Waals surface area (Å²) in [4.78, 5) is 4.21. The Morgan fingerprint density at radius 1 is 1.00 bits per heavy atom. The van der Waals surface area contributed by atoms with Gasteiger partial charge >= 0.3 is 0 Å². The summed E-state index contributed by atoms with van der Waals surface area (Å²) in [7, 11) is 1.77. The van der Waals surface area contributed by atoms with Gasteiger partial charge in [-0.2, -0.15) is 5.26 Å². The average Bonchev–Trinajstić information content (AvgIpc) is 3.26. The van der Waals surface area contributed by atoms with Crippen molar-refractivity contribution in [2.75, 3.05) is 0 Å². The van der Waals surface area contributed by atoms with Gasteiger partial charge in [-0.3, -0.25) is 5.41 Å². The lowest BCUT2D eigenvalue weighted by Crippen LogP contribution is -2.25. The third-order valence-electron chi connectivity index (χ3n) is 3.87. The zero-order valence-corrected chi connectivity index (χ0v) is 13.8. The highest BCUT2D eigenvalue weighted by Gasteiger charge is 2.01. The van der Waals surface area contributed by atoms with Gasteiger partial charge in [0.2, 0.25) is 0 Å². The minimum absolute atomic E-state index is 0.213. The van der Waals surface area contributed by atoms with Crippen molar-refractivity contribution in [1.82, 2.24) is 9.55 Å². The first-order chi connectivity index (χ1) is 12.2. The Hall–Kier alpha value is -3.67. The largest absolute Gasteiger partial charge is 0.319 e. The molecule has 0 saturated heterocycles. The highest BCUT2D eigenvalue weighted by molar-refractivity contribution is 5.60. The molecule has 1 aliphatic rings. The van der Waals surface area contributed by atoms with Crippen LogP contribution in [0.15, 0.2) is 60.2 Å². The lowest BCUT2D eigenvalue weighted by Gasteiger charge is -1.89. The molecule has 3 rings (SSSR count). The van der Waals surface area contributed by atoms with Crippen LogP contribution in [0.5, 0.6) is 0 Å². The van der Waals surface area contributed by atoms with Gasteiger partial charge in [0.25, 0.3) is 0 Å². The van der Waals surface area contributed by atoms with Crippen LogP contribution in [0.4, 0.5) is 0 Å². The van der Waals surface area contributed by atoms with E-state index in [9.17, 15) is 0 Å². The molecule has 1 N–H and O–H groups in total. The second-order valence-corrected chi connectivity index (χ2v) is 5.51. The highest BCUT2D eigenvalue weighted by atomic mass is 15.0. The van der Waals surface area contributed by atoms with Crippen LogP contribution < -0.4 is 21.3 Å². The molecule has 0 radical (unpaired) electrons. The van der Waals surface area contributed by atoms with Crippen molar-refractivity contribution >= 4 is 24.1 Å². The lowest BCUT2D eigenvalue weighted by molar-refractivity contribution is 0.845. The summed E-state index contributed by atoms with van der Waals surface area (Å²) < 4.78 is 1.68. The van der Waals surface area contributed by atoms with Crippen molar-refractivity contribution in [3.8, 4) is 6.07 Å². The second kappa shape index (κ2) is 7.27. The van der Waals surface area contributed by atoms with Crippen LogP contribution in [0.3, 0.4) is 0 Å². The number of rotatable bonds is 2. The van der Waals surface area contributed by atoms with Gasteiger partial charge in [-0.25, -0.2) is 4.98 Å². The zero-order chi connectivity index (χ0) is 17.6. The van der Waals surface area contributed by atoms with Crippen molar-refractivity contribution in [3.05, 3.63) is 87.2 Å². The first kappa shape index (κ1) is 16.2. The number of nitriles is 1. The Labute approximate surface area is 145 Å². The maximum Gasteiger partial charge on any atom is 0.176 e. The Morgan fingerprint density at radius 2 is 1.60 bits per heavy atom. The quantitative estimate of drug-likeness (QED) is 0.808. The minimum Gasteiger partial charge on any atom is -0.319 e. The summed E-state index contributed by atoms with van der Waals surface area (Å²) >= 11 is 0. The van der Waals surface area contributed by atoms with E-state index >= 15 is 0 Å². The molecule has 0 unspecified atom stereocenters. The number of benzene rings is 1. The van der Waals surface area contributed by atoms with Crippen LogP contribution in [0, 0.1) is 16.7 Å². The number of hydrogen-bond donors (Lipinski definition) is 1. The van der Waals surface area contributed by atoms with Crippen LogP contribution in [-0.4, -0.2) is 15.4 Å². The summed E-state index contributed by atoms with van der Waals surface area (Å²) in [6.45, 7) is 0. The van der Waals surface area contributed by atoms with E-state index in [-0.39, 0.29) is 5.69 Å². The van der Waals surface area contributed by atoms with E-state index in [1.54, 1.807) is 11.6 Å². The van der Waals surface area contributed by atoms with Gasteiger partial charge in [0.1, 0.15) is 16.9 Å². The normalized spacial score (nSPS) is 12.8. The Kier molecular flexibility index (Phi) is 4.71. The standard InChI is InChI=1S/C21H16N4/c1-25-20(15-23)19(14-22)24-21(25)13-12-18-10-8-17(9-11-18)7-6-16-4-2-3-5-16/h2-13,23H,1H3/b17-7?,18-12?,21-13-. The van der Waals surface area contributed by atoms with E-state index in [2.05, 4.69) is 47.3 Å². The third kappa shape index (κ3) is 3.64. The molecule has 0 aliphatic heterocycles. The first-order valence-corrected chi connectivity index (χ1v) is 7.79. The molecule has 0 bridgehead atoms. The molecule has 4 heteroatoms. The fourth-order valence-corrected chi connectivity index (χ4v) is 2.47. The second-order valence-electron chi connectivity index (χ2n) is 5.51. The fourth-order valence-electron chi connectivity index (χ4n) is 2.47. The van der Waals surface area contributed by atoms with Crippen molar-refractivity contribution in [2.24, 2.45) is 7.05 Å². The summed E-state index contributed by atoms with van der Waals surface area (Å²) in [5, 5.41) is 18.8. The van der Waals surface area contributed by atoms with E-state index in [4.69, 9.17) is 10.7 Å². The minimum atomic E-state index is 0.213. The van der Waals surface area contributed by atoms with Gasteiger partial charge in [-0.1, -0.05) is 66.8 Å². The maximum atomic E-state index is 9.04. The van der Waals surface area contributed by atoms with E-state index in [0.29, 0.717) is 10.8 Å². The summed E-state index contributed by atoms with van der Waals surface area (Å²) in [6, 6.07) is 10.1. The molecule has 0 spiro atoms. The number of nitrogens with one attached hydrogen (secondary N) is 1. The van der Waals surface area contributed by atoms with Crippen LogP contribution >= 0.6 is 0 Å². The smallest absolute Gasteiger partial charge is 0.176 e. The summed E-state index contributed by atoms with van der Waals surface area (Å²) in [6.07, 6.45) is 16.1. The average molecular weight is 324 g/mol. The molecule has 1 heterocycles. The lowest BCUT2D eigenvalue weighted by atomic mass is 10.2. The summed E-state index contributed by atoms with van der Waals surface area (Å²) in [5.74, 6) is 2.25. The Balaban J connectivity index is 1.95. The van der Waals surface area contributed by atoms with Crippen molar-refractivity contribution in [3.63, 3.8) is 0 Å². The molecular weight excluding hydrogens is 308 g/mol. The number of aromatic nitrogens is 2. The van der Waals surface area contributed by atoms with Crippen molar-refractivity contribution < 1.29 is 0 Å². The highest BCUT2D eigenvalue weighted by Crippen LogP contribution is 2.06. The monoisotopic (exact) mass is 324 g/mol. The van der Waals surface area contributed by atoms with E-state index < -0.39 is 0 Å². The Morgan fingerprint density at radius 3 is 2.12 bits per heavy atom. The van der Waals surface area contributed by atoms with E-state index in [0.717, 1.165) is 10.4 Å². The molecule has 4 nitrogen and oxygen atoms in total. The van der Waals surface area contributed by atoms with Gasteiger partial charge in [0.05, 0.1) is 0 Å². The predicted octanol–water partition coefficient (Wildman–Crippen LogP) is 0.306. The van der Waals surface area contributed by atoms with Crippen molar-refractivity contribution in [2.45, 2.75) is 0 Å². The van der Waals surface area contributed by atoms with Gasteiger partial charge < -0.3 is 4.57 Å². The van der Waals surface area contributed by atoms with E-state index in [1.165, 1.54) is 5.57 Å². The summed E-state index contributed by atoms with van der Waals surface area (Å²) in [5.41, 5.74) is 2.02. The molecule has 1 aromatic carbocycles. The van der Waals surface area contributed by atoms with Crippen LogP contribution in [0.2, 0.25) is 0 Å². The first-order valence-electron chi connectivity index (χ1n) is 7.79. The number of nitrogens with zero attached hydrogens (tertiary/aromatic N) is 3. The van der Waals surface area contributed by atoms with Crippen LogP contribution in [0.1, 0.15) is 5.69 Å². The third-order valence-corrected chi connectivity index (χ3v) is 3.87. The fraction of sp³-hybridized carbons (Fsp3) is 0.0476. The molecule has 0 saturated carbocycles. The van der Waals surface area contributed by atoms with Gasteiger partial charge in [-0.05, 0) is 22.1 Å². The molecular formula is C21H16N4.